The first kappa shape index (κ1) is 17.6. The van der Waals surface area contributed by atoms with Crippen molar-refractivity contribution in [3.8, 4) is 11.1 Å². The van der Waals surface area contributed by atoms with Crippen molar-refractivity contribution >= 4 is 40.2 Å². The van der Waals surface area contributed by atoms with E-state index in [0.717, 1.165) is 33.3 Å². The quantitative estimate of drug-likeness (QED) is 0.456. The van der Waals surface area contributed by atoms with Crippen molar-refractivity contribution in [1.29, 1.82) is 0 Å². The minimum atomic E-state index is -0.945. The van der Waals surface area contributed by atoms with Gasteiger partial charge in [-0.05, 0) is 47.0 Å². The Morgan fingerprint density at radius 3 is 2.41 bits per heavy atom. The number of nitrogens with zero attached hydrogens (tertiary/aromatic N) is 1. The number of benzene rings is 2. The first-order chi connectivity index (χ1) is 13.0. The number of carbonyl (C=O) groups is 1. The van der Waals surface area contributed by atoms with E-state index in [1.54, 1.807) is 30.5 Å². The van der Waals surface area contributed by atoms with Crippen molar-refractivity contribution in [3.63, 3.8) is 0 Å². The van der Waals surface area contributed by atoms with Crippen LogP contribution in [-0.2, 0) is 6.42 Å². The summed E-state index contributed by atoms with van der Waals surface area (Å²) in [5.74, 6) is -0.945. The van der Waals surface area contributed by atoms with Gasteiger partial charge in [-0.1, -0.05) is 41.4 Å². The molecule has 4 rings (SSSR count). The Hall–Kier alpha value is -2.82. The summed E-state index contributed by atoms with van der Waals surface area (Å²) in [7, 11) is 0. The number of hydrogen-bond donors (Lipinski definition) is 2. The highest BCUT2D eigenvalue weighted by molar-refractivity contribution is 6.36. The lowest BCUT2D eigenvalue weighted by Crippen LogP contribution is -1.95. The van der Waals surface area contributed by atoms with Crippen LogP contribution in [0.25, 0.3) is 22.2 Å². The number of aromatic nitrogens is 2. The summed E-state index contributed by atoms with van der Waals surface area (Å²) in [5, 5.41) is 11.3. The number of carboxylic acids is 1. The van der Waals surface area contributed by atoms with Crippen LogP contribution in [0.3, 0.4) is 0 Å². The Balaban J connectivity index is 1.74. The first-order valence-corrected chi connectivity index (χ1v) is 9.01. The van der Waals surface area contributed by atoms with Crippen LogP contribution in [0.1, 0.15) is 21.5 Å². The zero-order chi connectivity index (χ0) is 19.0. The molecule has 134 valence electrons. The van der Waals surface area contributed by atoms with Gasteiger partial charge in [-0.3, -0.25) is 0 Å². The molecule has 6 heteroatoms. The Morgan fingerprint density at radius 1 is 1.04 bits per heavy atom. The molecule has 2 heterocycles. The highest BCUT2D eigenvalue weighted by Crippen LogP contribution is 2.31. The van der Waals surface area contributed by atoms with Gasteiger partial charge in [-0.2, -0.15) is 0 Å². The van der Waals surface area contributed by atoms with Crippen LogP contribution >= 0.6 is 23.2 Å². The van der Waals surface area contributed by atoms with Crippen LogP contribution < -0.4 is 0 Å². The van der Waals surface area contributed by atoms with Crippen LogP contribution in [-0.4, -0.2) is 21.0 Å². The lowest BCUT2D eigenvalue weighted by Gasteiger charge is -2.07. The summed E-state index contributed by atoms with van der Waals surface area (Å²) in [5.41, 5.74) is 4.75. The van der Waals surface area contributed by atoms with Crippen molar-refractivity contribution < 1.29 is 9.90 Å². The van der Waals surface area contributed by atoms with Crippen molar-refractivity contribution in [2.75, 3.05) is 0 Å². The predicted octanol–water partition coefficient (Wildman–Crippen LogP) is 5.83. The SMILES string of the molecule is O=C(O)c1ccc(-c2cnc3[nH]cc(Cc4c(Cl)cccc4Cl)c3c2)cc1. The molecule has 4 nitrogen and oxygen atoms in total. The van der Waals surface area contributed by atoms with Crippen molar-refractivity contribution in [2.24, 2.45) is 0 Å². The van der Waals surface area contributed by atoms with Gasteiger partial charge >= 0.3 is 5.97 Å². The Labute approximate surface area is 165 Å². The molecule has 0 bridgehead atoms. The van der Waals surface area contributed by atoms with E-state index >= 15 is 0 Å². The lowest BCUT2D eigenvalue weighted by molar-refractivity contribution is 0.0697. The van der Waals surface area contributed by atoms with Crippen LogP contribution in [0.5, 0.6) is 0 Å². The fourth-order valence-corrected chi connectivity index (χ4v) is 3.59. The van der Waals surface area contributed by atoms with Crippen LogP contribution in [0, 0.1) is 0 Å². The molecule has 0 saturated carbocycles. The minimum Gasteiger partial charge on any atom is -0.478 e. The molecule has 2 aromatic heterocycles. The van der Waals surface area contributed by atoms with Crippen molar-refractivity contribution in [1.82, 2.24) is 9.97 Å². The molecule has 27 heavy (non-hydrogen) atoms. The van der Waals surface area contributed by atoms with E-state index in [2.05, 4.69) is 9.97 Å². The highest BCUT2D eigenvalue weighted by atomic mass is 35.5. The van der Waals surface area contributed by atoms with E-state index in [0.29, 0.717) is 16.5 Å². The predicted molar refractivity (Wildman–Crippen MR) is 108 cm³/mol. The maximum Gasteiger partial charge on any atom is 0.335 e. The summed E-state index contributed by atoms with van der Waals surface area (Å²) in [6, 6.07) is 14.2. The summed E-state index contributed by atoms with van der Waals surface area (Å²) in [6.07, 6.45) is 4.26. The van der Waals surface area contributed by atoms with E-state index in [4.69, 9.17) is 28.3 Å². The number of aromatic amines is 1. The van der Waals surface area contributed by atoms with Crippen LogP contribution in [0.2, 0.25) is 10.0 Å². The van der Waals surface area contributed by atoms with Gasteiger partial charge in [0, 0.05) is 39.8 Å². The van der Waals surface area contributed by atoms with Gasteiger partial charge in [0.2, 0.25) is 0 Å². The number of nitrogens with one attached hydrogen (secondary N) is 1. The molecule has 0 atom stereocenters. The first-order valence-electron chi connectivity index (χ1n) is 8.25. The second kappa shape index (κ2) is 7.06. The summed E-state index contributed by atoms with van der Waals surface area (Å²) < 4.78 is 0. The molecule has 0 radical (unpaired) electrons. The molecule has 0 spiro atoms. The van der Waals surface area contributed by atoms with Gasteiger partial charge in [0.1, 0.15) is 5.65 Å². The summed E-state index contributed by atoms with van der Waals surface area (Å²) in [6.45, 7) is 0. The molecule has 2 aromatic carbocycles. The van der Waals surface area contributed by atoms with Gasteiger partial charge < -0.3 is 10.1 Å². The maximum atomic E-state index is 11.0. The smallest absolute Gasteiger partial charge is 0.335 e. The van der Waals surface area contributed by atoms with Crippen molar-refractivity contribution in [3.05, 3.63) is 87.7 Å². The molecule has 0 fully saturated rings. The Bertz CT molecular complexity index is 1130. The van der Waals surface area contributed by atoms with Crippen LogP contribution in [0.15, 0.2) is 60.9 Å². The number of halogens is 2. The fraction of sp³-hybridized carbons (Fsp3) is 0.0476. The van der Waals surface area contributed by atoms with Gasteiger partial charge in [0.05, 0.1) is 5.56 Å². The topological polar surface area (TPSA) is 66.0 Å². The lowest BCUT2D eigenvalue weighted by atomic mass is 10.0. The average molecular weight is 397 g/mol. The van der Waals surface area contributed by atoms with E-state index < -0.39 is 5.97 Å². The third kappa shape index (κ3) is 3.42. The minimum absolute atomic E-state index is 0.253. The monoisotopic (exact) mass is 396 g/mol. The molecule has 0 unspecified atom stereocenters. The normalized spacial score (nSPS) is 11.0. The second-order valence-corrected chi connectivity index (χ2v) is 7.01. The van der Waals surface area contributed by atoms with Gasteiger partial charge in [0.25, 0.3) is 0 Å². The summed E-state index contributed by atoms with van der Waals surface area (Å²) >= 11 is 12.6. The van der Waals surface area contributed by atoms with Crippen molar-refractivity contribution in [2.45, 2.75) is 6.42 Å². The summed E-state index contributed by atoms with van der Waals surface area (Å²) in [4.78, 5) is 18.7. The number of rotatable bonds is 4. The standard InChI is InChI=1S/C21H14Cl2N2O2/c22-18-2-1-3-19(23)17(18)9-15-11-25-20-16(15)8-14(10-24-20)12-4-6-13(7-5-12)21(26)27/h1-8,10-11H,9H2,(H,24,25)(H,26,27). The van der Waals surface area contributed by atoms with Gasteiger partial charge in [-0.25, -0.2) is 9.78 Å². The average Bonchev–Trinajstić information content (AvgIpc) is 3.07. The molecule has 0 amide bonds. The number of fused-ring (bicyclic) bond motifs is 1. The number of H-pyrrole nitrogens is 1. The van der Waals surface area contributed by atoms with Gasteiger partial charge in [0.15, 0.2) is 0 Å². The number of hydrogen-bond acceptors (Lipinski definition) is 2. The molecule has 0 saturated heterocycles. The van der Waals surface area contributed by atoms with E-state index in [-0.39, 0.29) is 5.56 Å². The van der Waals surface area contributed by atoms with E-state index in [1.165, 1.54) is 0 Å². The number of carboxylic acid groups (broad SMARTS) is 1. The molecule has 0 aliphatic carbocycles. The molecule has 0 aliphatic rings. The number of pyridine rings is 1. The Kier molecular flexibility index (Phi) is 4.60. The maximum absolute atomic E-state index is 11.0. The molecular formula is C21H14Cl2N2O2. The van der Waals surface area contributed by atoms with E-state index in [9.17, 15) is 4.79 Å². The Morgan fingerprint density at radius 2 is 1.74 bits per heavy atom. The zero-order valence-electron chi connectivity index (χ0n) is 14.0. The third-order valence-corrected chi connectivity index (χ3v) is 5.22. The fourth-order valence-electron chi connectivity index (χ4n) is 3.06. The molecular weight excluding hydrogens is 383 g/mol. The zero-order valence-corrected chi connectivity index (χ0v) is 15.6. The van der Waals surface area contributed by atoms with Gasteiger partial charge in [-0.15, -0.1) is 0 Å². The second-order valence-electron chi connectivity index (χ2n) is 6.19. The third-order valence-electron chi connectivity index (χ3n) is 4.51. The molecule has 2 N–H and O–H groups in total. The van der Waals surface area contributed by atoms with E-state index in [1.807, 2.05) is 30.5 Å². The molecule has 4 aromatic rings. The molecule has 0 aliphatic heterocycles. The van der Waals surface area contributed by atoms with Crippen LogP contribution in [0.4, 0.5) is 0 Å². The number of aromatic carboxylic acids is 1. The largest absolute Gasteiger partial charge is 0.478 e. The highest BCUT2D eigenvalue weighted by Gasteiger charge is 2.12.